The lowest BCUT2D eigenvalue weighted by molar-refractivity contribution is -0.123. The van der Waals surface area contributed by atoms with E-state index in [-0.39, 0.29) is 36.3 Å². The molecule has 1 saturated heterocycles. The summed E-state index contributed by atoms with van der Waals surface area (Å²) in [6, 6.07) is 6.62. The summed E-state index contributed by atoms with van der Waals surface area (Å²) in [6.45, 7) is 0.397. The molecule has 1 heterocycles. The minimum atomic E-state index is -0.273. The highest BCUT2D eigenvalue weighted by molar-refractivity contribution is 5.85. The topological polar surface area (TPSA) is 50.4 Å². The van der Waals surface area contributed by atoms with Crippen molar-refractivity contribution in [3.05, 3.63) is 35.6 Å². The number of nitrogens with one attached hydrogen (secondary N) is 2. The first-order valence-electron chi connectivity index (χ1n) is 8.49. The van der Waals surface area contributed by atoms with E-state index in [1.807, 2.05) is 0 Å². The number of hydrogen-bond donors (Lipinski definition) is 2. The first kappa shape index (κ1) is 19.2. The second-order valence-electron chi connectivity index (χ2n) is 6.63. The maximum atomic E-state index is 13.0. The van der Waals surface area contributed by atoms with Gasteiger partial charge in [-0.3, -0.25) is 4.79 Å². The maximum absolute atomic E-state index is 13.0. The Labute approximate surface area is 148 Å². The Balaban J connectivity index is 0.00000208. The highest BCUT2D eigenvalue weighted by Gasteiger charge is 2.38. The van der Waals surface area contributed by atoms with Crippen LogP contribution in [0.4, 0.5) is 4.39 Å². The summed E-state index contributed by atoms with van der Waals surface area (Å²) in [7, 11) is 1.60. The zero-order valence-electron chi connectivity index (χ0n) is 14.0. The van der Waals surface area contributed by atoms with Crippen LogP contribution in [0.15, 0.2) is 24.3 Å². The van der Waals surface area contributed by atoms with Crippen molar-refractivity contribution in [3.63, 3.8) is 0 Å². The van der Waals surface area contributed by atoms with Crippen LogP contribution in [-0.2, 0) is 9.53 Å². The zero-order chi connectivity index (χ0) is 16.2. The third kappa shape index (κ3) is 4.47. The average Bonchev–Trinajstić information content (AvgIpc) is 3.01. The Kier molecular flexibility index (Phi) is 7.02. The molecule has 1 saturated carbocycles. The molecule has 0 bridgehead atoms. The van der Waals surface area contributed by atoms with Gasteiger partial charge in [0.15, 0.2) is 0 Å². The quantitative estimate of drug-likeness (QED) is 0.852. The number of halogens is 2. The molecule has 1 amide bonds. The van der Waals surface area contributed by atoms with Crippen molar-refractivity contribution < 1.29 is 13.9 Å². The van der Waals surface area contributed by atoms with Gasteiger partial charge in [-0.1, -0.05) is 25.0 Å². The van der Waals surface area contributed by atoms with Crippen LogP contribution in [0.2, 0.25) is 0 Å². The number of carbonyl (C=O) groups is 1. The largest absolute Gasteiger partial charge is 0.375 e. The van der Waals surface area contributed by atoms with E-state index in [9.17, 15) is 9.18 Å². The van der Waals surface area contributed by atoms with E-state index in [2.05, 4.69) is 10.6 Å². The lowest BCUT2D eigenvalue weighted by atomic mass is 9.85. The Morgan fingerprint density at radius 1 is 1.33 bits per heavy atom. The molecule has 1 aromatic carbocycles. The van der Waals surface area contributed by atoms with Gasteiger partial charge in [0, 0.05) is 19.7 Å². The summed E-state index contributed by atoms with van der Waals surface area (Å²) in [4.78, 5) is 12.4. The van der Waals surface area contributed by atoms with Crippen LogP contribution in [-0.4, -0.2) is 31.6 Å². The SMILES string of the molecule is COC(CNC(=O)C1CC2CCCCC2N1)c1ccc(F)cc1.Cl. The lowest BCUT2D eigenvalue weighted by Crippen LogP contribution is -2.44. The summed E-state index contributed by atoms with van der Waals surface area (Å²) in [5.74, 6) is 0.420. The van der Waals surface area contributed by atoms with E-state index < -0.39 is 0 Å². The van der Waals surface area contributed by atoms with Crippen LogP contribution in [0.1, 0.15) is 43.8 Å². The molecule has 6 heteroatoms. The standard InChI is InChI=1S/C18H25FN2O2.ClH/c1-23-17(12-6-8-14(19)9-7-12)11-20-18(22)16-10-13-4-2-3-5-15(13)21-16;/h6-9,13,15-17,21H,2-5,10-11H2,1H3,(H,20,22);1H. The molecule has 1 aliphatic heterocycles. The third-order valence-corrected chi connectivity index (χ3v) is 5.17. The van der Waals surface area contributed by atoms with Gasteiger partial charge in [0.2, 0.25) is 5.91 Å². The molecule has 3 rings (SSSR count). The molecule has 2 N–H and O–H groups in total. The van der Waals surface area contributed by atoms with Crippen LogP contribution in [0.3, 0.4) is 0 Å². The van der Waals surface area contributed by atoms with Gasteiger partial charge in [0.1, 0.15) is 5.82 Å². The van der Waals surface area contributed by atoms with Gasteiger partial charge < -0.3 is 15.4 Å². The molecule has 0 aromatic heterocycles. The number of methoxy groups -OCH3 is 1. The molecule has 24 heavy (non-hydrogen) atoms. The second-order valence-corrected chi connectivity index (χ2v) is 6.63. The van der Waals surface area contributed by atoms with Gasteiger partial charge in [0.25, 0.3) is 0 Å². The van der Waals surface area contributed by atoms with Crippen LogP contribution in [0.5, 0.6) is 0 Å². The molecule has 4 unspecified atom stereocenters. The van der Waals surface area contributed by atoms with Crippen LogP contribution < -0.4 is 10.6 Å². The first-order valence-corrected chi connectivity index (χ1v) is 8.49. The summed E-state index contributed by atoms with van der Waals surface area (Å²) in [5.41, 5.74) is 0.863. The minimum absolute atomic E-state index is 0. The summed E-state index contributed by atoms with van der Waals surface area (Å²) in [6.07, 6.45) is 5.64. The normalized spacial score (nSPS) is 27.0. The number of benzene rings is 1. The molecular weight excluding hydrogens is 331 g/mol. The fourth-order valence-electron chi connectivity index (χ4n) is 3.85. The van der Waals surface area contributed by atoms with Crippen molar-refractivity contribution in [3.8, 4) is 0 Å². The van der Waals surface area contributed by atoms with Crippen molar-refractivity contribution in [1.82, 2.24) is 10.6 Å². The maximum Gasteiger partial charge on any atom is 0.237 e. The summed E-state index contributed by atoms with van der Waals surface area (Å²) >= 11 is 0. The van der Waals surface area contributed by atoms with Crippen LogP contribution in [0, 0.1) is 11.7 Å². The van der Waals surface area contributed by atoms with Gasteiger partial charge in [-0.05, 0) is 42.9 Å². The highest BCUT2D eigenvalue weighted by atomic mass is 35.5. The van der Waals surface area contributed by atoms with E-state index in [1.54, 1.807) is 19.2 Å². The number of amides is 1. The number of hydrogen-bond acceptors (Lipinski definition) is 3. The van der Waals surface area contributed by atoms with Gasteiger partial charge in [-0.2, -0.15) is 0 Å². The zero-order valence-corrected chi connectivity index (χ0v) is 14.8. The summed E-state index contributed by atoms with van der Waals surface area (Å²) < 4.78 is 18.4. The van der Waals surface area contributed by atoms with E-state index in [4.69, 9.17) is 4.74 Å². The Hall–Kier alpha value is -1.17. The van der Waals surface area contributed by atoms with E-state index in [0.717, 1.165) is 12.0 Å². The predicted octanol–water partition coefficient (Wildman–Crippen LogP) is 2.97. The fourth-order valence-corrected chi connectivity index (χ4v) is 3.85. The van der Waals surface area contributed by atoms with Gasteiger partial charge in [0.05, 0.1) is 12.1 Å². The third-order valence-electron chi connectivity index (χ3n) is 5.17. The second kappa shape index (κ2) is 8.79. The van der Waals surface area contributed by atoms with Gasteiger partial charge in [-0.25, -0.2) is 4.39 Å². The van der Waals surface area contributed by atoms with Gasteiger partial charge in [-0.15, -0.1) is 12.4 Å². The molecular formula is C18H26ClFN2O2. The molecule has 0 spiro atoms. The minimum Gasteiger partial charge on any atom is -0.375 e. The Bertz CT molecular complexity index is 526. The smallest absolute Gasteiger partial charge is 0.237 e. The van der Waals surface area contributed by atoms with Crippen LogP contribution >= 0.6 is 12.4 Å². The molecule has 0 radical (unpaired) electrons. The number of ether oxygens (including phenoxy) is 1. The van der Waals surface area contributed by atoms with E-state index >= 15 is 0 Å². The fraction of sp³-hybridized carbons (Fsp3) is 0.611. The summed E-state index contributed by atoms with van der Waals surface area (Å²) in [5, 5.41) is 6.46. The molecule has 134 valence electrons. The molecule has 4 atom stereocenters. The highest BCUT2D eigenvalue weighted by Crippen LogP contribution is 2.33. The Morgan fingerprint density at radius 2 is 2.04 bits per heavy atom. The Morgan fingerprint density at radius 3 is 2.71 bits per heavy atom. The van der Waals surface area contributed by atoms with Crippen molar-refractivity contribution in [2.45, 2.75) is 50.3 Å². The average molecular weight is 357 g/mol. The number of fused-ring (bicyclic) bond motifs is 1. The first-order chi connectivity index (χ1) is 11.2. The molecule has 1 aromatic rings. The van der Waals surface area contributed by atoms with Crippen LogP contribution in [0.25, 0.3) is 0 Å². The van der Waals surface area contributed by atoms with E-state index in [1.165, 1.54) is 37.8 Å². The number of carbonyl (C=O) groups excluding carboxylic acids is 1. The lowest BCUT2D eigenvalue weighted by Gasteiger charge is -2.24. The van der Waals surface area contributed by atoms with Gasteiger partial charge >= 0.3 is 0 Å². The monoisotopic (exact) mass is 356 g/mol. The van der Waals surface area contributed by atoms with Crippen molar-refractivity contribution in [2.75, 3.05) is 13.7 Å². The molecule has 2 fully saturated rings. The van der Waals surface area contributed by atoms with Crippen molar-refractivity contribution in [1.29, 1.82) is 0 Å². The number of rotatable bonds is 5. The van der Waals surface area contributed by atoms with Crippen molar-refractivity contribution >= 4 is 18.3 Å². The predicted molar refractivity (Wildman–Crippen MR) is 93.7 cm³/mol. The van der Waals surface area contributed by atoms with E-state index in [0.29, 0.717) is 18.5 Å². The molecule has 4 nitrogen and oxygen atoms in total. The van der Waals surface area contributed by atoms with Crippen molar-refractivity contribution in [2.24, 2.45) is 5.92 Å². The molecule has 2 aliphatic rings. The molecule has 1 aliphatic carbocycles.